The van der Waals surface area contributed by atoms with Gasteiger partial charge in [0.25, 0.3) is 0 Å². The molecule has 0 aliphatic carbocycles. The maximum Gasteiger partial charge on any atom is 0.416 e. The minimum Gasteiger partial charge on any atom is -0.380 e. The third kappa shape index (κ3) is 5.58. The Balaban J connectivity index is 2.26. The van der Waals surface area contributed by atoms with Crippen LogP contribution in [-0.2, 0) is 27.1 Å². The molecule has 2 rings (SSSR count). The van der Waals surface area contributed by atoms with E-state index in [1.807, 2.05) is 11.8 Å². The molecule has 12 heteroatoms. The van der Waals surface area contributed by atoms with Crippen molar-refractivity contribution < 1.29 is 39.5 Å². The second-order valence-corrected chi connectivity index (χ2v) is 8.12. The zero-order valence-corrected chi connectivity index (χ0v) is 15.8. The number of ether oxygens (including phenoxy) is 1. The van der Waals surface area contributed by atoms with Crippen LogP contribution in [0.4, 0.5) is 26.3 Å². The quantitative estimate of drug-likeness (QED) is 0.510. The molecule has 1 saturated heterocycles. The van der Waals surface area contributed by atoms with Gasteiger partial charge in [0.05, 0.1) is 22.6 Å². The van der Waals surface area contributed by atoms with E-state index < -0.39 is 38.4 Å². The molecule has 0 radical (unpaired) electrons. The predicted octanol–water partition coefficient (Wildman–Crippen LogP) is 3.07. The molecule has 1 aromatic carbocycles. The standard InChI is InChI=1S/C16H20F6N2O3S/c1-2-27-8-7-23-3-5-24(6-4-23)28(25,26)14-10-12(15(17,18)19)9-13(11-14)16(20,21)22/h9-11H,2-8H2,1H3. The number of nitrogens with zero attached hydrogens (tertiary/aromatic N) is 2. The fourth-order valence-corrected chi connectivity index (χ4v) is 4.25. The molecule has 1 fully saturated rings. The van der Waals surface area contributed by atoms with Crippen LogP contribution in [0.1, 0.15) is 18.1 Å². The third-order valence-corrected chi connectivity index (χ3v) is 6.16. The highest BCUT2D eigenvalue weighted by Crippen LogP contribution is 2.37. The molecule has 5 nitrogen and oxygen atoms in total. The average Bonchev–Trinajstić information content (AvgIpc) is 2.60. The number of benzene rings is 1. The molecule has 0 unspecified atom stereocenters. The molecule has 0 N–H and O–H groups in total. The first-order valence-corrected chi connectivity index (χ1v) is 9.89. The van der Waals surface area contributed by atoms with Gasteiger partial charge in [-0.3, -0.25) is 4.90 Å². The molecule has 1 heterocycles. The third-order valence-electron chi connectivity index (χ3n) is 4.29. The summed E-state index contributed by atoms with van der Waals surface area (Å²) in [5.74, 6) is 0. The van der Waals surface area contributed by atoms with E-state index in [0.29, 0.717) is 32.8 Å². The average molecular weight is 434 g/mol. The van der Waals surface area contributed by atoms with Crippen molar-refractivity contribution in [1.82, 2.24) is 9.21 Å². The monoisotopic (exact) mass is 434 g/mol. The topological polar surface area (TPSA) is 49.9 Å². The molecule has 28 heavy (non-hydrogen) atoms. The molecule has 160 valence electrons. The zero-order chi connectivity index (χ0) is 21.2. The van der Waals surface area contributed by atoms with Gasteiger partial charge in [0.2, 0.25) is 10.0 Å². The Hall–Kier alpha value is -1.37. The maximum absolute atomic E-state index is 13.0. The van der Waals surface area contributed by atoms with Gasteiger partial charge >= 0.3 is 12.4 Å². The number of hydrogen-bond donors (Lipinski definition) is 0. The molecule has 0 amide bonds. The number of alkyl halides is 6. The van der Waals surface area contributed by atoms with Crippen LogP contribution >= 0.6 is 0 Å². The lowest BCUT2D eigenvalue weighted by Gasteiger charge is -2.34. The minimum absolute atomic E-state index is 0.0357. The smallest absolute Gasteiger partial charge is 0.380 e. The van der Waals surface area contributed by atoms with Crippen LogP contribution < -0.4 is 0 Å². The molecule has 0 bridgehead atoms. The molecule has 0 aromatic heterocycles. The van der Waals surface area contributed by atoms with Gasteiger partial charge in [-0.2, -0.15) is 30.6 Å². The van der Waals surface area contributed by atoms with Gasteiger partial charge in [-0.05, 0) is 25.1 Å². The minimum atomic E-state index is -5.11. The fourth-order valence-electron chi connectivity index (χ4n) is 2.76. The summed E-state index contributed by atoms with van der Waals surface area (Å²) >= 11 is 0. The summed E-state index contributed by atoms with van der Waals surface area (Å²) in [6.45, 7) is 3.91. The van der Waals surface area contributed by atoms with E-state index in [2.05, 4.69) is 0 Å². The van der Waals surface area contributed by atoms with Gasteiger partial charge in [0.15, 0.2) is 0 Å². The SMILES string of the molecule is CCOCCN1CCN(S(=O)(=O)c2cc(C(F)(F)F)cc(C(F)(F)F)c2)CC1. The second-order valence-electron chi connectivity index (χ2n) is 6.18. The van der Waals surface area contributed by atoms with Crippen molar-refractivity contribution in [2.75, 3.05) is 45.9 Å². The lowest BCUT2D eigenvalue weighted by atomic mass is 10.1. The first-order valence-electron chi connectivity index (χ1n) is 8.45. The molecular weight excluding hydrogens is 414 g/mol. The molecule has 1 aliphatic rings. The van der Waals surface area contributed by atoms with Crippen LogP contribution in [-0.4, -0.2) is 63.6 Å². The van der Waals surface area contributed by atoms with Crippen molar-refractivity contribution in [3.05, 3.63) is 29.3 Å². The highest BCUT2D eigenvalue weighted by atomic mass is 32.2. The predicted molar refractivity (Wildman–Crippen MR) is 88.1 cm³/mol. The largest absolute Gasteiger partial charge is 0.416 e. The van der Waals surface area contributed by atoms with Gasteiger partial charge in [-0.15, -0.1) is 0 Å². The summed E-state index contributed by atoms with van der Waals surface area (Å²) in [6, 6.07) is 0.392. The highest BCUT2D eigenvalue weighted by molar-refractivity contribution is 7.89. The molecule has 0 spiro atoms. The number of hydrogen-bond acceptors (Lipinski definition) is 4. The first kappa shape index (κ1) is 22.9. The lowest BCUT2D eigenvalue weighted by Crippen LogP contribution is -2.49. The Bertz CT molecular complexity index is 739. The van der Waals surface area contributed by atoms with Crippen LogP contribution in [0.15, 0.2) is 23.1 Å². The zero-order valence-electron chi connectivity index (χ0n) is 15.0. The fraction of sp³-hybridized carbons (Fsp3) is 0.625. The van der Waals surface area contributed by atoms with Crippen molar-refractivity contribution in [3.8, 4) is 0 Å². The summed E-state index contributed by atoms with van der Waals surface area (Å²) in [5.41, 5.74) is -3.31. The summed E-state index contributed by atoms with van der Waals surface area (Å²) in [4.78, 5) is 0.895. The van der Waals surface area contributed by atoms with E-state index in [1.165, 1.54) is 0 Å². The van der Waals surface area contributed by atoms with Crippen LogP contribution in [0.5, 0.6) is 0 Å². The number of piperazine rings is 1. The molecule has 0 atom stereocenters. The van der Waals surface area contributed by atoms with Crippen molar-refractivity contribution in [3.63, 3.8) is 0 Å². The van der Waals surface area contributed by atoms with E-state index in [0.717, 1.165) is 4.31 Å². The van der Waals surface area contributed by atoms with E-state index in [4.69, 9.17) is 4.74 Å². The molecule has 1 aliphatic heterocycles. The highest BCUT2D eigenvalue weighted by Gasteiger charge is 2.39. The Morgan fingerprint density at radius 1 is 0.929 bits per heavy atom. The van der Waals surface area contributed by atoms with E-state index in [-0.39, 0.29) is 31.3 Å². The van der Waals surface area contributed by atoms with Crippen molar-refractivity contribution in [2.45, 2.75) is 24.2 Å². The van der Waals surface area contributed by atoms with Crippen LogP contribution in [0, 0.1) is 0 Å². The number of halogens is 6. The Morgan fingerprint density at radius 3 is 1.86 bits per heavy atom. The van der Waals surface area contributed by atoms with Gasteiger partial charge < -0.3 is 4.74 Å². The molecule has 0 saturated carbocycles. The van der Waals surface area contributed by atoms with E-state index in [9.17, 15) is 34.8 Å². The van der Waals surface area contributed by atoms with Crippen LogP contribution in [0.25, 0.3) is 0 Å². The van der Waals surface area contributed by atoms with Crippen molar-refractivity contribution in [1.29, 1.82) is 0 Å². The second kappa shape index (κ2) is 8.56. The van der Waals surface area contributed by atoms with Gasteiger partial charge in [-0.1, -0.05) is 0 Å². The lowest BCUT2D eigenvalue weighted by molar-refractivity contribution is -0.143. The summed E-state index contributed by atoms with van der Waals surface area (Å²) in [6.07, 6.45) is -10.2. The summed E-state index contributed by atoms with van der Waals surface area (Å²) < 4.78 is 109. The molecule has 1 aromatic rings. The maximum atomic E-state index is 13.0. The van der Waals surface area contributed by atoms with Crippen molar-refractivity contribution in [2.24, 2.45) is 0 Å². The normalized spacial score (nSPS) is 17.8. The van der Waals surface area contributed by atoms with Gasteiger partial charge in [0, 0.05) is 39.3 Å². The van der Waals surface area contributed by atoms with E-state index >= 15 is 0 Å². The Kier molecular flexibility index (Phi) is 7.00. The Labute approximate surface area is 158 Å². The molecular formula is C16H20F6N2O3S. The number of rotatable bonds is 6. The summed E-state index contributed by atoms with van der Waals surface area (Å²) in [7, 11) is -4.50. The summed E-state index contributed by atoms with van der Waals surface area (Å²) in [5, 5.41) is 0. The number of sulfonamides is 1. The van der Waals surface area contributed by atoms with Crippen LogP contribution in [0.2, 0.25) is 0 Å². The van der Waals surface area contributed by atoms with Gasteiger partial charge in [-0.25, -0.2) is 8.42 Å². The van der Waals surface area contributed by atoms with E-state index in [1.54, 1.807) is 0 Å². The van der Waals surface area contributed by atoms with Gasteiger partial charge in [0.1, 0.15) is 0 Å². The Morgan fingerprint density at radius 2 is 1.43 bits per heavy atom. The first-order chi connectivity index (χ1) is 12.9. The van der Waals surface area contributed by atoms with Crippen LogP contribution in [0.3, 0.4) is 0 Å². The van der Waals surface area contributed by atoms with Crippen molar-refractivity contribution >= 4 is 10.0 Å².